The lowest BCUT2D eigenvalue weighted by atomic mass is 10.2. The van der Waals surface area contributed by atoms with Gasteiger partial charge >= 0.3 is 0 Å². The van der Waals surface area contributed by atoms with Crippen molar-refractivity contribution in [3.8, 4) is 5.75 Å². The van der Waals surface area contributed by atoms with Crippen LogP contribution in [-0.2, 0) is 11.3 Å². The molecule has 0 saturated heterocycles. The lowest BCUT2D eigenvalue weighted by molar-refractivity contribution is -0.123. The summed E-state index contributed by atoms with van der Waals surface area (Å²) in [5.41, 5.74) is 0. The third-order valence-electron chi connectivity index (χ3n) is 3.23. The molecule has 7 heteroatoms. The molecule has 0 unspecified atom stereocenters. The maximum atomic E-state index is 11.7. The number of halogens is 2. The molecule has 5 nitrogen and oxygen atoms in total. The molecule has 1 aromatic heterocycles. The number of nitrogens with one attached hydrogen (secondary N) is 1. The molecular formula is C16H19Cl2N3O2. The molecule has 0 aliphatic rings. The van der Waals surface area contributed by atoms with Gasteiger partial charge in [-0.05, 0) is 37.5 Å². The number of unbranched alkanes of at least 4 members (excludes halogenated alkanes) is 2. The molecule has 0 aliphatic heterocycles. The predicted octanol–water partition coefficient (Wildman–Crippen LogP) is 3.56. The van der Waals surface area contributed by atoms with Crippen LogP contribution in [0.5, 0.6) is 5.75 Å². The molecule has 0 aliphatic carbocycles. The first-order chi connectivity index (χ1) is 11.1. The highest BCUT2D eigenvalue weighted by molar-refractivity contribution is 6.35. The number of hydrogen-bond acceptors (Lipinski definition) is 3. The van der Waals surface area contributed by atoms with Gasteiger partial charge in [0.05, 0.1) is 11.3 Å². The number of imidazole rings is 1. The van der Waals surface area contributed by atoms with E-state index in [1.54, 1.807) is 30.7 Å². The fraction of sp³-hybridized carbons (Fsp3) is 0.375. The number of amides is 1. The van der Waals surface area contributed by atoms with Crippen molar-refractivity contribution in [3.05, 3.63) is 47.0 Å². The lowest BCUT2D eigenvalue weighted by Gasteiger charge is -2.09. The Kier molecular flexibility index (Phi) is 7.23. The van der Waals surface area contributed by atoms with E-state index in [2.05, 4.69) is 10.3 Å². The van der Waals surface area contributed by atoms with Crippen molar-refractivity contribution in [3.63, 3.8) is 0 Å². The van der Waals surface area contributed by atoms with Gasteiger partial charge in [-0.2, -0.15) is 0 Å². The van der Waals surface area contributed by atoms with Crippen LogP contribution in [0.25, 0.3) is 0 Å². The van der Waals surface area contributed by atoms with E-state index >= 15 is 0 Å². The summed E-state index contributed by atoms with van der Waals surface area (Å²) in [5, 5.41) is 3.75. The quantitative estimate of drug-likeness (QED) is 0.699. The maximum Gasteiger partial charge on any atom is 0.257 e. The fourth-order valence-electron chi connectivity index (χ4n) is 2.03. The van der Waals surface area contributed by atoms with Crippen LogP contribution >= 0.6 is 23.2 Å². The van der Waals surface area contributed by atoms with Crippen molar-refractivity contribution in [2.75, 3.05) is 13.2 Å². The van der Waals surface area contributed by atoms with Crippen LogP contribution < -0.4 is 10.1 Å². The predicted molar refractivity (Wildman–Crippen MR) is 91.0 cm³/mol. The average Bonchev–Trinajstić information content (AvgIpc) is 3.03. The highest BCUT2D eigenvalue weighted by Gasteiger charge is 2.06. The van der Waals surface area contributed by atoms with Crippen LogP contribution in [0.15, 0.2) is 36.9 Å². The van der Waals surface area contributed by atoms with Gasteiger partial charge < -0.3 is 14.6 Å². The first kappa shape index (κ1) is 17.6. The van der Waals surface area contributed by atoms with Crippen molar-refractivity contribution >= 4 is 29.1 Å². The SMILES string of the molecule is O=C(COc1ccc(Cl)cc1Cl)NCCCCCn1ccnc1. The second-order valence-electron chi connectivity index (χ2n) is 5.07. The van der Waals surface area contributed by atoms with E-state index in [-0.39, 0.29) is 12.5 Å². The molecule has 23 heavy (non-hydrogen) atoms. The van der Waals surface area contributed by atoms with E-state index < -0.39 is 0 Å². The molecule has 1 heterocycles. The van der Waals surface area contributed by atoms with E-state index in [9.17, 15) is 4.79 Å². The standard InChI is InChI=1S/C16H19Cl2N3O2/c17-13-4-5-15(14(18)10-13)23-11-16(22)20-6-2-1-3-8-21-9-7-19-12-21/h4-5,7,9-10,12H,1-3,6,8,11H2,(H,20,22). The minimum atomic E-state index is -0.161. The molecular weight excluding hydrogens is 337 g/mol. The van der Waals surface area contributed by atoms with Gasteiger partial charge in [-0.1, -0.05) is 23.2 Å². The van der Waals surface area contributed by atoms with E-state index in [4.69, 9.17) is 27.9 Å². The highest BCUT2D eigenvalue weighted by atomic mass is 35.5. The Labute approximate surface area is 145 Å². The zero-order valence-electron chi connectivity index (χ0n) is 12.7. The van der Waals surface area contributed by atoms with Gasteiger partial charge in [0, 0.05) is 30.5 Å². The van der Waals surface area contributed by atoms with Crippen LogP contribution in [0.3, 0.4) is 0 Å². The summed E-state index contributed by atoms with van der Waals surface area (Å²) in [7, 11) is 0. The number of hydrogen-bond donors (Lipinski definition) is 1. The molecule has 0 fully saturated rings. The molecule has 0 spiro atoms. The maximum absolute atomic E-state index is 11.7. The largest absolute Gasteiger partial charge is 0.482 e. The minimum absolute atomic E-state index is 0.0591. The summed E-state index contributed by atoms with van der Waals surface area (Å²) in [6, 6.07) is 4.89. The molecule has 1 aromatic carbocycles. The van der Waals surface area contributed by atoms with Gasteiger partial charge in [0.1, 0.15) is 5.75 Å². The third kappa shape index (κ3) is 6.50. The number of carbonyl (C=O) groups excluding carboxylic acids is 1. The Bertz CT molecular complexity index is 618. The topological polar surface area (TPSA) is 56.1 Å². The molecule has 1 amide bonds. The summed E-state index contributed by atoms with van der Waals surface area (Å²) in [6.07, 6.45) is 8.56. The zero-order valence-corrected chi connectivity index (χ0v) is 14.2. The number of ether oxygens (including phenoxy) is 1. The van der Waals surface area contributed by atoms with Gasteiger partial charge in [0.25, 0.3) is 5.91 Å². The first-order valence-corrected chi connectivity index (χ1v) is 8.21. The van der Waals surface area contributed by atoms with Crippen molar-refractivity contribution < 1.29 is 9.53 Å². The highest BCUT2D eigenvalue weighted by Crippen LogP contribution is 2.27. The number of benzene rings is 1. The van der Waals surface area contributed by atoms with Gasteiger partial charge in [-0.25, -0.2) is 4.98 Å². The second kappa shape index (κ2) is 9.43. The average molecular weight is 356 g/mol. The first-order valence-electron chi connectivity index (χ1n) is 7.45. The number of rotatable bonds is 9. The van der Waals surface area contributed by atoms with Crippen molar-refractivity contribution in [1.29, 1.82) is 0 Å². The Balaban J connectivity index is 1.54. The van der Waals surface area contributed by atoms with E-state index in [0.717, 1.165) is 25.8 Å². The number of nitrogens with zero attached hydrogens (tertiary/aromatic N) is 2. The van der Waals surface area contributed by atoms with Gasteiger partial charge in [-0.15, -0.1) is 0 Å². The van der Waals surface area contributed by atoms with Crippen molar-refractivity contribution in [2.24, 2.45) is 0 Å². The Hall–Kier alpha value is -1.72. The van der Waals surface area contributed by atoms with E-state index in [1.807, 2.05) is 10.8 Å². The second-order valence-corrected chi connectivity index (χ2v) is 5.92. The lowest BCUT2D eigenvalue weighted by Crippen LogP contribution is -2.29. The monoisotopic (exact) mass is 355 g/mol. The zero-order chi connectivity index (χ0) is 16.5. The molecule has 0 bridgehead atoms. The Morgan fingerprint density at radius 2 is 2.13 bits per heavy atom. The van der Waals surface area contributed by atoms with Crippen LogP contribution in [-0.4, -0.2) is 28.6 Å². The fourth-order valence-corrected chi connectivity index (χ4v) is 2.49. The Morgan fingerprint density at radius 3 is 2.87 bits per heavy atom. The summed E-state index contributed by atoms with van der Waals surface area (Å²) >= 11 is 11.8. The van der Waals surface area contributed by atoms with E-state index in [1.165, 1.54) is 0 Å². The molecule has 1 N–H and O–H groups in total. The molecule has 2 rings (SSSR count). The Morgan fingerprint density at radius 1 is 1.26 bits per heavy atom. The molecule has 0 radical (unpaired) electrons. The van der Waals surface area contributed by atoms with Gasteiger partial charge in [-0.3, -0.25) is 4.79 Å². The van der Waals surface area contributed by atoms with Crippen LogP contribution in [0.4, 0.5) is 0 Å². The third-order valence-corrected chi connectivity index (χ3v) is 3.76. The van der Waals surface area contributed by atoms with Crippen LogP contribution in [0, 0.1) is 0 Å². The summed E-state index contributed by atoms with van der Waals surface area (Å²) in [5.74, 6) is 0.289. The van der Waals surface area contributed by atoms with Crippen molar-refractivity contribution in [2.45, 2.75) is 25.8 Å². The molecule has 0 atom stereocenters. The van der Waals surface area contributed by atoms with Crippen molar-refractivity contribution in [1.82, 2.24) is 14.9 Å². The smallest absolute Gasteiger partial charge is 0.257 e. The normalized spacial score (nSPS) is 10.5. The molecule has 124 valence electrons. The van der Waals surface area contributed by atoms with Gasteiger partial charge in [0.2, 0.25) is 0 Å². The molecule has 0 saturated carbocycles. The van der Waals surface area contributed by atoms with Gasteiger partial charge in [0.15, 0.2) is 6.61 Å². The number of aryl methyl sites for hydroxylation is 1. The summed E-state index contributed by atoms with van der Waals surface area (Å²) < 4.78 is 7.41. The number of carbonyl (C=O) groups is 1. The van der Waals surface area contributed by atoms with Crippen LogP contribution in [0.1, 0.15) is 19.3 Å². The van der Waals surface area contributed by atoms with E-state index in [0.29, 0.717) is 22.3 Å². The molecule has 2 aromatic rings. The van der Waals surface area contributed by atoms with Crippen LogP contribution in [0.2, 0.25) is 10.0 Å². The summed E-state index contributed by atoms with van der Waals surface area (Å²) in [6.45, 7) is 1.53. The number of aromatic nitrogens is 2. The summed E-state index contributed by atoms with van der Waals surface area (Å²) in [4.78, 5) is 15.7. The minimum Gasteiger partial charge on any atom is -0.482 e.